The van der Waals surface area contributed by atoms with E-state index in [4.69, 9.17) is 0 Å². The highest BCUT2D eigenvalue weighted by Gasteiger charge is 2.22. The summed E-state index contributed by atoms with van der Waals surface area (Å²) >= 11 is 0. The maximum absolute atomic E-state index is 9.44. The van der Waals surface area contributed by atoms with Gasteiger partial charge in [-0.15, -0.1) is 0 Å². The molecule has 3 heterocycles. The predicted octanol–water partition coefficient (Wildman–Crippen LogP) is 0.529. The Morgan fingerprint density at radius 2 is 2.47 bits per heavy atom. The summed E-state index contributed by atoms with van der Waals surface area (Å²) < 4.78 is 0. The Hall–Kier alpha value is -1.62. The number of hydrogen-bond donors (Lipinski definition) is 2. The molecule has 1 unspecified atom stereocenters. The predicted molar refractivity (Wildman–Crippen MR) is 56.7 cm³/mol. The summed E-state index contributed by atoms with van der Waals surface area (Å²) in [6.45, 7) is 1.50. The second-order valence-corrected chi connectivity index (χ2v) is 3.82. The van der Waals surface area contributed by atoms with Crippen LogP contribution in [0.25, 0.3) is 11.2 Å². The lowest BCUT2D eigenvalue weighted by atomic mass is 10.3. The Labute approximate surface area is 86.8 Å². The van der Waals surface area contributed by atoms with Crippen LogP contribution in [0.3, 0.4) is 0 Å². The molecule has 15 heavy (non-hydrogen) atoms. The Bertz CT molecular complexity index is 448. The van der Waals surface area contributed by atoms with Crippen molar-refractivity contribution in [2.45, 2.75) is 12.5 Å². The summed E-state index contributed by atoms with van der Waals surface area (Å²) in [6, 6.07) is 3.83. The van der Waals surface area contributed by atoms with Crippen LogP contribution in [0.5, 0.6) is 0 Å². The molecule has 1 fully saturated rings. The summed E-state index contributed by atoms with van der Waals surface area (Å²) in [4.78, 5) is 13.8. The first-order valence-electron chi connectivity index (χ1n) is 5.07. The van der Waals surface area contributed by atoms with Gasteiger partial charge in [-0.2, -0.15) is 4.98 Å². The van der Waals surface area contributed by atoms with Gasteiger partial charge in [-0.25, -0.2) is 4.98 Å². The van der Waals surface area contributed by atoms with E-state index >= 15 is 0 Å². The SMILES string of the molecule is OC1CCN(c2nc3ncccc3[nH]2)C1. The maximum atomic E-state index is 9.44. The number of nitrogens with zero attached hydrogens (tertiary/aromatic N) is 3. The van der Waals surface area contributed by atoms with Crippen LogP contribution in [0.2, 0.25) is 0 Å². The number of aliphatic hydroxyl groups is 1. The van der Waals surface area contributed by atoms with E-state index in [-0.39, 0.29) is 6.10 Å². The van der Waals surface area contributed by atoms with E-state index in [0.29, 0.717) is 6.54 Å². The summed E-state index contributed by atoms with van der Waals surface area (Å²) in [7, 11) is 0. The highest BCUT2D eigenvalue weighted by atomic mass is 16.3. The Morgan fingerprint density at radius 3 is 3.20 bits per heavy atom. The van der Waals surface area contributed by atoms with Crippen LogP contribution in [-0.4, -0.2) is 39.3 Å². The van der Waals surface area contributed by atoms with Crippen molar-refractivity contribution in [3.63, 3.8) is 0 Å². The first-order chi connectivity index (χ1) is 7.33. The summed E-state index contributed by atoms with van der Waals surface area (Å²) in [5.41, 5.74) is 1.67. The first kappa shape index (κ1) is 8.67. The minimum Gasteiger partial charge on any atom is -0.391 e. The number of fused-ring (bicyclic) bond motifs is 1. The fourth-order valence-corrected chi connectivity index (χ4v) is 1.92. The lowest BCUT2D eigenvalue weighted by molar-refractivity contribution is 0.198. The van der Waals surface area contributed by atoms with Crippen molar-refractivity contribution in [1.29, 1.82) is 0 Å². The molecule has 1 aliphatic heterocycles. The van der Waals surface area contributed by atoms with Crippen molar-refractivity contribution in [3.05, 3.63) is 18.3 Å². The highest BCUT2D eigenvalue weighted by Crippen LogP contribution is 2.19. The number of β-amino-alcohol motifs (C(OH)–C–C–N with tert-alkyl or cyclic N) is 1. The van der Waals surface area contributed by atoms with E-state index in [9.17, 15) is 5.11 Å². The van der Waals surface area contributed by atoms with Crippen LogP contribution in [0, 0.1) is 0 Å². The molecule has 78 valence electrons. The lowest BCUT2D eigenvalue weighted by Gasteiger charge is -2.12. The van der Waals surface area contributed by atoms with Gasteiger partial charge < -0.3 is 15.0 Å². The van der Waals surface area contributed by atoms with Crippen molar-refractivity contribution < 1.29 is 5.11 Å². The van der Waals surface area contributed by atoms with Gasteiger partial charge in [-0.05, 0) is 18.6 Å². The van der Waals surface area contributed by atoms with Crippen LogP contribution in [0.4, 0.5) is 5.95 Å². The zero-order valence-corrected chi connectivity index (χ0v) is 8.22. The number of H-pyrrole nitrogens is 1. The average Bonchev–Trinajstić information content (AvgIpc) is 2.82. The van der Waals surface area contributed by atoms with Crippen molar-refractivity contribution in [2.24, 2.45) is 0 Å². The Morgan fingerprint density at radius 1 is 1.53 bits per heavy atom. The van der Waals surface area contributed by atoms with Crippen LogP contribution in [0.1, 0.15) is 6.42 Å². The fraction of sp³-hybridized carbons (Fsp3) is 0.400. The molecular weight excluding hydrogens is 192 g/mol. The number of rotatable bonds is 1. The molecule has 5 heteroatoms. The van der Waals surface area contributed by atoms with Crippen molar-refractivity contribution in [1.82, 2.24) is 15.0 Å². The smallest absolute Gasteiger partial charge is 0.205 e. The van der Waals surface area contributed by atoms with Gasteiger partial charge in [0.15, 0.2) is 5.65 Å². The summed E-state index contributed by atoms with van der Waals surface area (Å²) in [6.07, 6.45) is 2.31. The molecular formula is C10H12N4O. The van der Waals surface area contributed by atoms with Gasteiger partial charge in [0.2, 0.25) is 5.95 Å². The fourth-order valence-electron chi connectivity index (χ4n) is 1.92. The van der Waals surface area contributed by atoms with Crippen molar-refractivity contribution >= 4 is 17.1 Å². The van der Waals surface area contributed by atoms with Crippen molar-refractivity contribution in [2.75, 3.05) is 18.0 Å². The monoisotopic (exact) mass is 204 g/mol. The van der Waals surface area contributed by atoms with Crippen LogP contribution < -0.4 is 4.90 Å². The lowest BCUT2D eigenvalue weighted by Crippen LogP contribution is -2.22. The third-order valence-electron chi connectivity index (χ3n) is 2.71. The maximum Gasteiger partial charge on any atom is 0.205 e. The molecule has 5 nitrogen and oxygen atoms in total. The third kappa shape index (κ3) is 1.45. The molecule has 0 aliphatic carbocycles. The highest BCUT2D eigenvalue weighted by molar-refractivity contribution is 5.73. The van der Waals surface area contributed by atoms with Gasteiger partial charge in [0.05, 0.1) is 11.6 Å². The van der Waals surface area contributed by atoms with Gasteiger partial charge in [0, 0.05) is 19.3 Å². The number of pyridine rings is 1. The molecule has 1 saturated heterocycles. The molecule has 3 rings (SSSR count). The number of aromatic amines is 1. The van der Waals surface area contributed by atoms with E-state index in [2.05, 4.69) is 15.0 Å². The van der Waals surface area contributed by atoms with Gasteiger partial charge >= 0.3 is 0 Å². The van der Waals surface area contributed by atoms with Crippen LogP contribution in [-0.2, 0) is 0 Å². The quantitative estimate of drug-likeness (QED) is 0.711. The minimum absolute atomic E-state index is 0.230. The van der Waals surface area contributed by atoms with Crippen LogP contribution >= 0.6 is 0 Å². The van der Waals surface area contributed by atoms with Gasteiger partial charge in [0.25, 0.3) is 0 Å². The number of anilines is 1. The molecule has 0 radical (unpaired) electrons. The molecule has 0 amide bonds. The minimum atomic E-state index is -0.230. The molecule has 0 aromatic carbocycles. The number of hydrogen-bond acceptors (Lipinski definition) is 4. The largest absolute Gasteiger partial charge is 0.391 e. The molecule has 0 spiro atoms. The zero-order chi connectivity index (χ0) is 10.3. The number of nitrogens with one attached hydrogen (secondary N) is 1. The molecule has 2 N–H and O–H groups in total. The average molecular weight is 204 g/mol. The second kappa shape index (κ2) is 3.20. The second-order valence-electron chi connectivity index (χ2n) is 3.82. The standard InChI is InChI=1S/C10H12N4O/c15-7-3-5-14(6-7)10-12-8-2-1-4-11-9(8)13-10/h1-2,4,7,15H,3,5-6H2,(H,11,12,13). The van der Waals surface area contributed by atoms with E-state index in [1.807, 2.05) is 17.0 Å². The molecule has 2 aromatic rings. The first-order valence-corrected chi connectivity index (χ1v) is 5.07. The van der Waals surface area contributed by atoms with Gasteiger partial charge in [0.1, 0.15) is 0 Å². The number of imidazole rings is 1. The van der Waals surface area contributed by atoms with Gasteiger partial charge in [-0.1, -0.05) is 0 Å². The summed E-state index contributed by atoms with van der Waals surface area (Å²) in [5, 5.41) is 9.44. The Kier molecular flexibility index (Phi) is 1.85. The van der Waals surface area contributed by atoms with E-state index in [1.165, 1.54) is 0 Å². The van der Waals surface area contributed by atoms with E-state index in [0.717, 1.165) is 30.1 Å². The summed E-state index contributed by atoms with van der Waals surface area (Å²) in [5.74, 6) is 0.806. The van der Waals surface area contributed by atoms with Crippen LogP contribution in [0.15, 0.2) is 18.3 Å². The molecule has 0 saturated carbocycles. The molecule has 1 aliphatic rings. The van der Waals surface area contributed by atoms with E-state index in [1.54, 1.807) is 6.20 Å². The third-order valence-corrected chi connectivity index (χ3v) is 2.71. The zero-order valence-electron chi connectivity index (χ0n) is 8.22. The van der Waals surface area contributed by atoms with Gasteiger partial charge in [-0.3, -0.25) is 0 Å². The molecule has 0 bridgehead atoms. The van der Waals surface area contributed by atoms with Crippen molar-refractivity contribution in [3.8, 4) is 0 Å². The number of aliphatic hydroxyl groups excluding tert-OH is 1. The topological polar surface area (TPSA) is 65.0 Å². The molecule has 2 aromatic heterocycles. The normalized spacial score (nSPS) is 21.4. The number of aromatic nitrogens is 3. The Balaban J connectivity index is 1.98. The van der Waals surface area contributed by atoms with E-state index < -0.39 is 0 Å². The molecule has 1 atom stereocenters.